The van der Waals surface area contributed by atoms with Crippen LogP contribution in [-0.2, 0) is 6.54 Å². The summed E-state index contributed by atoms with van der Waals surface area (Å²) in [4.78, 5) is 4.42. The lowest BCUT2D eigenvalue weighted by atomic mass is 10.1. The largest absolute Gasteiger partial charge is 0.478 e. The van der Waals surface area contributed by atoms with Gasteiger partial charge < -0.3 is 10.1 Å². The zero-order chi connectivity index (χ0) is 13.4. The highest BCUT2D eigenvalue weighted by Gasteiger charge is 2.05. The van der Waals surface area contributed by atoms with Crippen molar-refractivity contribution in [3.8, 4) is 5.88 Å². The van der Waals surface area contributed by atoms with Crippen molar-refractivity contribution in [2.45, 2.75) is 40.2 Å². The van der Waals surface area contributed by atoms with Crippen molar-refractivity contribution < 1.29 is 4.74 Å². The molecule has 102 valence electrons. The molecule has 1 aromatic heterocycles. The number of rotatable bonds is 8. The van der Waals surface area contributed by atoms with Gasteiger partial charge in [0.15, 0.2) is 0 Å². The van der Waals surface area contributed by atoms with E-state index < -0.39 is 0 Å². The van der Waals surface area contributed by atoms with Crippen molar-refractivity contribution in [3.05, 3.63) is 22.8 Å². The van der Waals surface area contributed by atoms with E-state index in [0.29, 0.717) is 30.0 Å². The molecule has 18 heavy (non-hydrogen) atoms. The molecule has 0 amide bonds. The Morgan fingerprint density at radius 3 is 2.83 bits per heavy atom. The minimum absolute atomic E-state index is 0.642. The van der Waals surface area contributed by atoms with E-state index in [-0.39, 0.29) is 0 Å². The summed E-state index contributed by atoms with van der Waals surface area (Å²) in [5, 5.41) is 3.98. The first kappa shape index (κ1) is 15.3. The Labute approximate surface area is 115 Å². The molecule has 1 heterocycles. The van der Waals surface area contributed by atoms with Crippen LogP contribution in [0, 0.1) is 5.92 Å². The third-order valence-electron chi connectivity index (χ3n) is 2.56. The second-order valence-electron chi connectivity index (χ2n) is 4.79. The number of nitrogens with zero attached hydrogens (tertiary/aromatic N) is 1. The second-order valence-corrected chi connectivity index (χ2v) is 5.19. The van der Waals surface area contributed by atoms with Gasteiger partial charge in [0.2, 0.25) is 5.88 Å². The highest BCUT2D eigenvalue weighted by molar-refractivity contribution is 6.31. The number of nitrogens with one attached hydrogen (secondary N) is 1. The van der Waals surface area contributed by atoms with E-state index in [1.54, 1.807) is 0 Å². The predicted molar refractivity (Wildman–Crippen MR) is 76.2 cm³/mol. The van der Waals surface area contributed by atoms with Crippen molar-refractivity contribution in [2.75, 3.05) is 13.2 Å². The van der Waals surface area contributed by atoms with Gasteiger partial charge in [0.05, 0.1) is 17.3 Å². The molecule has 0 unspecified atom stereocenters. The molecule has 0 bridgehead atoms. The SMILES string of the molecule is CCCNCc1nc(OCCC(C)C)ccc1Cl. The van der Waals surface area contributed by atoms with Gasteiger partial charge in [-0.3, -0.25) is 0 Å². The minimum Gasteiger partial charge on any atom is -0.478 e. The van der Waals surface area contributed by atoms with Crippen molar-refractivity contribution in [1.29, 1.82) is 0 Å². The number of ether oxygens (including phenoxy) is 1. The summed E-state index contributed by atoms with van der Waals surface area (Å²) in [6.07, 6.45) is 2.13. The fourth-order valence-corrected chi connectivity index (χ4v) is 1.62. The number of hydrogen-bond acceptors (Lipinski definition) is 3. The summed E-state index contributed by atoms with van der Waals surface area (Å²) < 4.78 is 5.62. The van der Waals surface area contributed by atoms with Crippen LogP contribution in [0.15, 0.2) is 12.1 Å². The molecule has 0 aliphatic heterocycles. The van der Waals surface area contributed by atoms with Crippen LogP contribution in [0.2, 0.25) is 5.02 Å². The average molecular weight is 271 g/mol. The Kier molecular flexibility index (Phi) is 7.06. The molecule has 0 aromatic carbocycles. The third-order valence-corrected chi connectivity index (χ3v) is 2.90. The summed E-state index contributed by atoms with van der Waals surface area (Å²) >= 11 is 6.10. The van der Waals surface area contributed by atoms with Gasteiger partial charge in [-0.05, 0) is 31.4 Å². The molecule has 0 fully saturated rings. The van der Waals surface area contributed by atoms with Gasteiger partial charge in [-0.2, -0.15) is 0 Å². The third kappa shape index (κ3) is 5.69. The first-order valence-electron chi connectivity index (χ1n) is 6.62. The lowest BCUT2D eigenvalue weighted by molar-refractivity contribution is 0.278. The summed E-state index contributed by atoms with van der Waals surface area (Å²) in [6, 6.07) is 3.67. The molecule has 4 heteroatoms. The van der Waals surface area contributed by atoms with Gasteiger partial charge >= 0.3 is 0 Å². The van der Waals surface area contributed by atoms with E-state index in [0.717, 1.165) is 25.1 Å². The van der Waals surface area contributed by atoms with E-state index in [2.05, 4.69) is 31.1 Å². The second kappa shape index (κ2) is 8.33. The molecule has 0 saturated carbocycles. The van der Waals surface area contributed by atoms with Crippen molar-refractivity contribution >= 4 is 11.6 Å². The number of pyridine rings is 1. The van der Waals surface area contributed by atoms with Crippen LogP contribution >= 0.6 is 11.6 Å². The van der Waals surface area contributed by atoms with Crippen LogP contribution in [0.25, 0.3) is 0 Å². The Bertz CT molecular complexity index is 356. The molecule has 0 radical (unpaired) electrons. The monoisotopic (exact) mass is 270 g/mol. The van der Waals surface area contributed by atoms with Crippen molar-refractivity contribution in [2.24, 2.45) is 5.92 Å². The molecule has 1 N–H and O–H groups in total. The molecule has 0 atom stereocenters. The fourth-order valence-electron chi connectivity index (χ4n) is 1.45. The van der Waals surface area contributed by atoms with Gasteiger partial charge in [-0.25, -0.2) is 4.98 Å². The van der Waals surface area contributed by atoms with E-state index in [1.165, 1.54) is 0 Å². The van der Waals surface area contributed by atoms with E-state index in [4.69, 9.17) is 16.3 Å². The van der Waals surface area contributed by atoms with E-state index >= 15 is 0 Å². The van der Waals surface area contributed by atoms with Crippen molar-refractivity contribution in [1.82, 2.24) is 10.3 Å². The first-order chi connectivity index (χ1) is 8.63. The fraction of sp³-hybridized carbons (Fsp3) is 0.643. The summed E-state index contributed by atoms with van der Waals surface area (Å²) in [5.41, 5.74) is 0.854. The van der Waals surface area contributed by atoms with Crippen LogP contribution in [0.5, 0.6) is 5.88 Å². The highest BCUT2D eigenvalue weighted by Crippen LogP contribution is 2.18. The Morgan fingerprint density at radius 1 is 1.39 bits per heavy atom. The van der Waals surface area contributed by atoms with Crippen molar-refractivity contribution in [3.63, 3.8) is 0 Å². The molecule has 0 aliphatic carbocycles. The number of halogens is 1. The van der Waals surface area contributed by atoms with Crippen LogP contribution in [0.4, 0.5) is 0 Å². The smallest absolute Gasteiger partial charge is 0.213 e. The molecule has 0 saturated heterocycles. The highest BCUT2D eigenvalue weighted by atomic mass is 35.5. The Morgan fingerprint density at radius 2 is 2.17 bits per heavy atom. The molecular formula is C14H23ClN2O. The lowest BCUT2D eigenvalue weighted by Gasteiger charge is -2.10. The summed E-state index contributed by atoms with van der Waals surface area (Å²) in [7, 11) is 0. The summed E-state index contributed by atoms with van der Waals surface area (Å²) in [6.45, 7) is 8.85. The van der Waals surface area contributed by atoms with Gasteiger partial charge in [0, 0.05) is 12.6 Å². The Hall–Kier alpha value is -0.800. The zero-order valence-corrected chi connectivity index (χ0v) is 12.3. The Balaban J connectivity index is 2.51. The maximum absolute atomic E-state index is 6.10. The van der Waals surface area contributed by atoms with E-state index in [1.807, 2.05) is 12.1 Å². The standard InChI is InChI=1S/C14H23ClN2O/c1-4-8-16-10-13-12(15)5-6-14(17-13)18-9-7-11(2)3/h5-6,11,16H,4,7-10H2,1-3H3. The molecule has 0 spiro atoms. The molecular weight excluding hydrogens is 248 g/mol. The molecule has 1 aromatic rings. The maximum atomic E-state index is 6.10. The molecule has 1 rings (SSSR count). The number of aromatic nitrogens is 1. The minimum atomic E-state index is 0.642. The van der Waals surface area contributed by atoms with E-state index in [9.17, 15) is 0 Å². The average Bonchev–Trinajstić information content (AvgIpc) is 2.33. The first-order valence-corrected chi connectivity index (χ1v) is 7.00. The van der Waals surface area contributed by atoms with Crippen LogP contribution in [0.1, 0.15) is 39.3 Å². The van der Waals surface area contributed by atoms with Crippen LogP contribution < -0.4 is 10.1 Å². The predicted octanol–water partition coefficient (Wildman–Crippen LogP) is 3.66. The van der Waals surface area contributed by atoms with Gasteiger partial charge in [0.1, 0.15) is 0 Å². The van der Waals surface area contributed by atoms with Crippen LogP contribution in [-0.4, -0.2) is 18.1 Å². The topological polar surface area (TPSA) is 34.2 Å². The normalized spacial score (nSPS) is 10.9. The van der Waals surface area contributed by atoms with Gasteiger partial charge in [0.25, 0.3) is 0 Å². The zero-order valence-electron chi connectivity index (χ0n) is 11.5. The van der Waals surface area contributed by atoms with Crippen LogP contribution in [0.3, 0.4) is 0 Å². The lowest BCUT2D eigenvalue weighted by Crippen LogP contribution is -2.15. The molecule has 3 nitrogen and oxygen atoms in total. The summed E-state index contributed by atoms with van der Waals surface area (Å²) in [5.74, 6) is 1.30. The van der Waals surface area contributed by atoms with Gasteiger partial charge in [-0.1, -0.05) is 32.4 Å². The molecule has 0 aliphatic rings. The number of hydrogen-bond donors (Lipinski definition) is 1. The van der Waals surface area contributed by atoms with Gasteiger partial charge in [-0.15, -0.1) is 0 Å². The quantitative estimate of drug-likeness (QED) is 0.732. The maximum Gasteiger partial charge on any atom is 0.213 e.